The molecule has 0 radical (unpaired) electrons. The van der Waals surface area contributed by atoms with Gasteiger partial charge in [0.1, 0.15) is 16.3 Å². The second-order valence-corrected chi connectivity index (χ2v) is 8.88. The molecule has 3 aromatic heterocycles. The first-order valence-corrected chi connectivity index (χ1v) is 10.9. The van der Waals surface area contributed by atoms with E-state index in [1.807, 2.05) is 25.1 Å². The number of oxazole rings is 1. The van der Waals surface area contributed by atoms with Crippen molar-refractivity contribution >= 4 is 34.1 Å². The number of amides is 1. The van der Waals surface area contributed by atoms with Crippen molar-refractivity contribution in [2.45, 2.75) is 25.7 Å². The number of hydrogen-bond acceptors (Lipinski definition) is 9. The predicted octanol–water partition coefficient (Wildman–Crippen LogP) is 3.51. The molecular formula is C21H21N7O2S. The van der Waals surface area contributed by atoms with Crippen molar-refractivity contribution < 1.29 is 9.21 Å². The van der Waals surface area contributed by atoms with Crippen molar-refractivity contribution in [3.8, 4) is 10.6 Å². The van der Waals surface area contributed by atoms with Gasteiger partial charge in [0.15, 0.2) is 11.6 Å². The second kappa shape index (κ2) is 8.12. The molecule has 158 valence electrons. The van der Waals surface area contributed by atoms with E-state index in [1.165, 1.54) is 17.6 Å². The molecule has 0 unspecified atom stereocenters. The lowest BCUT2D eigenvalue weighted by molar-refractivity contribution is 0.102. The number of nitrogens with one attached hydrogen (secondary N) is 1. The highest BCUT2D eigenvalue weighted by Crippen LogP contribution is 2.28. The molecule has 4 aromatic rings. The summed E-state index contributed by atoms with van der Waals surface area (Å²) in [5.41, 5.74) is 1.87. The molecule has 0 saturated carbocycles. The van der Waals surface area contributed by atoms with E-state index in [0.717, 1.165) is 46.9 Å². The third kappa shape index (κ3) is 4.17. The summed E-state index contributed by atoms with van der Waals surface area (Å²) < 4.78 is 5.59. The number of piperidine rings is 1. The molecule has 1 saturated heterocycles. The lowest BCUT2D eigenvalue weighted by Crippen LogP contribution is -2.29. The molecule has 1 aliphatic rings. The Labute approximate surface area is 182 Å². The standard InChI is InChI=1S/C21H21N7O2S/c1-12-26-27-20(31-12)14-3-4-15-10-22-21(24-16(15)9-14)25-18(29)17-11-30-19(23-17)13-5-7-28(2)8-6-13/h3-4,9-11,13H,5-8H2,1-2H3,(H,22,24,25,29). The molecule has 1 aromatic carbocycles. The molecule has 5 rings (SSSR count). The van der Waals surface area contributed by atoms with Gasteiger partial charge in [-0.25, -0.2) is 15.0 Å². The third-order valence-electron chi connectivity index (χ3n) is 5.40. The van der Waals surface area contributed by atoms with Crippen LogP contribution in [0.25, 0.3) is 21.5 Å². The average molecular weight is 436 g/mol. The molecule has 1 N–H and O–H groups in total. The van der Waals surface area contributed by atoms with E-state index in [-0.39, 0.29) is 17.6 Å². The summed E-state index contributed by atoms with van der Waals surface area (Å²) in [5.74, 6) is 0.692. The zero-order valence-corrected chi connectivity index (χ0v) is 18.0. The largest absolute Gasteiger partial charge is 0.448 e. The van der Waals surface area contributed by atoms with E-state index in [2.05, 4.69) is 42.4 Å². The van der Waals surface area contributed by atoms with Gasteiger partial charge in [-0.2, -0.15) is 0 Å². The Morgan fingerprint density at radius 1 is 1.23 bits per heavy atom. The van der Waals surface area contributed by atoms with E-state index < -0.39 is 5.91 Å². The van der Waals surface area contributed by atoms with E-state index in [9.17, 15) is 4.79 Å². The molecule has 1 aliphatic heterocycles. The van der Waals surface area contributed by atoms with Crippen LogP contribution in [0.5, 0.6) is 0 Å². The summed E-state index contributed by atoms with van der Waals surface area (Å²) in [6.45, 7) is 3.91. The van der Waals surface area contributed by atoms with Crippen LogP contribution in [0, 0.1) is 6.92 Å². The Kier molecular flexibility index (Phi) is 5.16. The molecular weight excluding hydrogens is 414 g/mol. The van der Waals surface area contributed by atoms with Crippen molar-refractivity contribution in [2.75, 3.05) is 25.5 Å². The molecule has 0 atom stereocenters. The van der Waals surface area contributed by atoms with Gasteiger partial charge in [-0.05, 0) is 46.0 Å². The van der Waals surface area contributed by atoms with Crippen LogP contribution in [-0.2, 0) is 0 Å². The summed E-state index contributed by atoms with van der Waals surface area (Å²) in [7, 11) is 2.10. The van der Waals surface area contributed by atoms with E-state index in [1.54, 1.807) is 6.20 Å². The maximum Gasteiger partial charge on any atom is 0.279 e. The summed E-state index contributed by atoms with van der Waals surface area (Å²) in [4.78, 5) is 28.1. The second-order valence-electron chi connectivity index (χ2n) is 7.70. The number of fused-ring (bicyclic) bond motifs is 1. The monoisotopic (exact) mass is 435 g/mol. The number of carbonyl (C=O) groups is 1. The maximum atomic E-state index is 12.7. The lowest BCUT2D eigenvalue weighted by atomic mass is 9.97. The Bertz CT molecular complexity index is 1240. The van der Waals surface area contributed by atoms with Crippen LogP contribution < -0.4 is 5.32 Å². The van der Waals surface area contributed by atoms with E-state index in [0.29, 0.717) is 11.4 Å². The third-order valence-corrected chi connectivity index (χ3v) is 6.29. The summed E-state index contributed by atoms with van der Waals surface area (Å²) in [5, 5.41) is 13.6. The quantitative estimate of drug-likeness (QED) is 0.519. The first kappa shape index (κ1) is 19.7. The molecule has 0 aliphatic carbocycles. The average Bonchev–Trinajstić information content (AvgIpc) is 3.43. The molecule has 1 fully saturated rings. The van der Waals surface area contributed by atoms with Gasteiger partial charge in [-0.1, -0.05) is 23.5 Å². The van der Waals surface area contributed by atoms with Crippen molar-refractivity contribution in [1.82, 2.24) is 30.0 Å². The van der Waals surface area contributed by atoms with Crippen LogP contribution in [0.15, 0.2) is 35.1 Å². The normalized spacial score (nSPS) is 15.4. The van der Waals surface area contributed by atoms with Crippen LogP contribution in [0.2, 0.25) is 0 Å². The molecule has 4 heterocycles. The highest BCUT2D eigenvalue weighted by molar-refractivity contribution is 7.14. The van der Waals surface area contributed by atoms with Gasteiger partial charge in [0.05, 0.1) is 5.52 Å². The first-order chi connectivity index (χ1) is 15.0. The molecule has 31 heavy (non-hydrogen) atoms. The van der Waals surface area contributed by atoms with E-state index >= 15 is 0 Å². The van der Waals surface area contributed by atoms with Gasteiger partial charge >= 0.3 is 0 Å². The van der Waals surface area contributed by atoms with Crippen molar-refractivity contribution in [3.05, 3.63) is 47.3 Å². The number of rotatable bonds is 4. The van der Waals surface area contributed by atoms with Gasteiger partial charge in [0.2, 0.25) is 5.95 Å². The fourth-order valence-electron chi connectivity index (χ4n) is 3.63. The number of carbonyl (C=O) groups excluding carboxylic acids is 1. The summed E-state index contributed by atoms with van der Waals surface area (Å²) >= 11 is 1.52. The van der Waals surface area contributed by atoms with Gasteiger partial charge in [0, 0.05) is 23.1 Å². The van der Waals surface area contributed by atoms with Gasteiger partial charge in [-0.3, -0.25) is 10.1 Å². The highest BCUT2D eigenvalue weighted by Gasteiger charge is 2.24. The smallest absolute Gasteiger partial charge is 0.279 e. The Hall–Kier alpha value is -3.24. The molecule has 10 heteroatoms. The maximum absolute atomic E-state index is 12.7. The molecule has 9 nitrogen and oxygen atoms in total. The number of nitrogens with zero attached hydrogens (tertiary/aromatic N) is 6. The van der Waals surface area contributed by atoms with E-state index in [4.69, 9.17) is 4.42 Å². The number of anilines is 1. The molecule has 0 bridgehead atoms. The Morgan fingerprint density at radius 2 is 2.06 bits per heavy atom. The van der Waals surface area contributed by atoms with Gasteiger partial charge in [0.25, 0.3) is 5.91 Å². The number of aryl methyl sites for hydroxylation is 1. The lowest BCUT2D eigenvalue weighted by Gasteiger charge is -2.26. The van der Waals surface area contributed by atoms with Crippen LogP contribution >= 0.6 is 11.3 Å². The summed E-state index contributed by atoms with van der Waals surface area (Å²) in [6.07, 6.45) is 5.03. The number of hydrogen-bond donors (Lipinski definition) is 1. The number of benzene rings is 1. The van der Waals surface area contributed by atoms with Crippen LogP contribution in [0.4, 0.5) is 5.95 Å². The van der Waals surface area contributed by atoms with Crippen LogP contribution in [0.1, 0.15) is 40.1 Å². The zero-order valence-electron chi connectivity index (χ0n) is 17.2. The van der Waals surface area contributed by atoms with Gasteiger partial charge in [-0.15, -0.1) is 10.2 Å². The van der Waals surface area contributed by atoms with Crippen molar-refractivity contribution in [3.63, 3.8) is 0 Å². The SMILES string of the molecule is Cc1nnc(-c2ccc3cnc(NC(=O)c4coc(C5CCN(C)CC5)n4)nc3c2)s1. The minimum absolute atomic E-state index is 0.215. The zero-order chi connectivity index (χ0) is 21.4. The fraction of sp³-hybridized carbons (Fsp3) is 0.333. The highest BCUT2D eigenvalue weighted by atomic mass is 32.1. The minimum Gasteiger partial charge on any atom is -0.448 e. The first-order valence-electron chi connectivity index (χ1n) is 10.1. The summed E-state index contributed by atoms with van der Waals surface area (Å²) in [6, 6.07) is 5.81. The predicted molar refractivity (Wildman–Crippen MR) is 117 cm³/mol. The van der Waals surface area contributed by atoms with Crippen molar-refractivity contribution in [1.29, 1.82) is 0 Å². The van der Waals surface area contributed by atoms with Crippen molar-refractivity contribution in [2.24, 2.45) is 0 Å². The van der Waals surface area contributed by atoms with Gasteiger partial charge < -0.3 is 9.32 Å². The minimum atomic E-state index is -0.391. The fourth-order valence-corrected chi connectivity index (χ4v) is 4.32. The number of likely N-dealkylation sites (tertiary alicyclic amines) is 1. The Balaban J connectivity index is 1.33. The topological polar surface area (TPSA) is 110 Å². The molecule has 0 spiro atoms. The van der Waals surface area contributed by atoms with Crippen LogP contribution in [-0.4, -0.2) is 56.1 Å². The number of aromatic nitrogens is 5. The van der Waals surface area contributed by atoms with Crippen LogP contribution in [0.3, 0.4) is 0 Å². The molecule has 1 amide bonds. The Morgan fingerprint density at radius 3 is 2.84 bits per heavy atom.